The molecule has 0 aliphatic heterocycles. The van der Waals surface area contributed by atoms with Gasteiger partial charge in [-0.1, -0.05) is 0 Å². The summed E-state index contributed by atoms with van der Waals surface area (Å²) in [6.45, 7) is 1.71. The van der Waals surface area contributed by atoms with Crippen molar-refractivity contribution in [3.05, 3.63) is 29.8 Å². The fourth-order valence-corrected chi connectivity index (χ4v) is 1.89. The van der Waals surface area contributed by atoms with E-state index in [0.717, 1.165) is 0 Å². The average Bonchev–Trinajstić information content (AvgIpc) is 2.41. The molecule has 0 unspecified atom stereocenters. The molecule has 0 fully saturated rings. The fourth-order valence-electron chi connectivity index (χ4n) is 1.38. The summed E-state index contributed by atoms with van der Waals surface area (Å²) in [5.74, 6) is -0.304. The molecule has 20 heavy (non-hydrogen) atoms. The smallest absolute Gasteiger partial charge is 0.251 e. The Morgan fingerprint density at radius 1 is 1.20 bits per heavy atom. The molecule has 112 valence electrons. The summed E-state index contributed by atoms with van der Waals surface area (Å²) in [7, 11) is -2.16. The van der Waals surface area contributed by atoms with E-state index in [1.165, 1.54) is 24.3 Å². The second kappa shape index (κ2) is 7.95. The number of carbonyl (C=O) groups is 1. The van der Waals surface area contributed by atoms with Gasteiger partial charge >= 0.3 is 0 Å². The van der Waals surface area contributed by atoms with Gasteiger partial charge in [-0.2, -0.15) is 0 Å². The zero-order valence-electron chi connectivity index (χ0n) is 11.2. The van der Waals surface area contributed by atoms with Crippen LogP contribution in [0.15, 0.2) is 29.2 Å². The molecule has 7 nitrogen and oxygen atoms in total. The maximum Gasteiger partial charge on any atom is 0.251 e. The van der Waals surface area contributed by atoms with Gasteiger partial charge in [-0.05, 0) is 24.3 Å². The van der Waals surface area contributed by atoms with E-state index in [1.807, 2.05) is 0 Å². The number of carbonyl (C=O) groups excluding carboxylic acids is 1. The zero-order valence-corrected chi connectivity index (χ0v) is 12.0. The Morgan fingerprint density at radius 3 is 2.40 bits per heavy atom. The van der Waals surface area contributed by atoms with Crippen molar-refractivity contribution in [1.82, 2.24) is 5.32 Å². The van der Waals surface area contributed by atoms with E-state index in [2.05, 4.69) is 5.32 Å². The Balaban J connectivity index is 2.40. The molecule has 0 atom stereocenters. The summed E-state index contributed by atoms with van der Waals surface area (Å²) in [4.78, 5) is 11.7. The molecule has 0 aliphatic carbocycles. The van der Waals surface area contributed by atoms with Crippen LogP contribution in [0.4, 0.5) is 0 Å². The summed E-state index contributed by atoms with van der Waals surface area (Å²) in [6.07, 6.45) is 0. The first-order valence-corrected chi connectivity index (χ1v) is 7.47. The molecule has 0 bridgehead atoms. The van der Waals surface area contributed by atoms with E-state index in [9.17, 15) is 13.2 Å². The van der Waals surface area contributed by atoms with Gasteiger partial charge in [0.15, 0.2) is 0 Å². The van der Waals surface area contributed by atoms with Crippen LogP contribution in [0, 0.1) is 0 Å². The molecular formula is C12H18N2O5S. The summed E-state index contributed by atoms with van der Waals surface area (Å²) < 4.78 is 32.1. The number of nitrogens with two attached hydrogens (primary N) is 1. The van der Waals surface area contributed by atoms with Crippen molar-refractivity contribution in [3.63, 3.8) is 0 Å². The quantitative estimate of drug-likeness (QED) is 0.643. The first-order valence-electron chi connectivity index (χ1n) is 5.93. The number of ether oxygens (including phenoxy) is 2. The maximum atomic E-state index is 11.7. The molecule has 0 saturated heterocycles. The van der Waals surface area contributed by atoms with Crippen molar-refractivity contribution in [2.75, 3.05) is 33.5 Å². The molecule has 1 aromatic rings. The Morgan fingerprint density at radius 2 is 1.85 bits per heavy atom. The van der Waals surface area contributed by atoms with Gasteiger partial charge in [-0.15, -0.1) is 0 Å². The van der Waals surface area contributed by atoms with Gasteiger partial charge in [0.25, 0.3) is 5.91 Å². The third-order valence-electron chi connectivity index (χ3n) is 2.41. The molecule has 0 aromatic heterocycles. The van der Waals surface area contributed by atoms with Crippen LogP contribution in [-0.4, -0.2) is 47.8 Å². The minimum absolute atomic E-state index is 0.0306. The number of sulfonamides is 1. The van der Waals surface area contributed by atoms with Gasteiger partial charge < -0.3 is 14.8 Å². The van der Waals surface area contributed by atoms with E-state index in [-0.39, 0.29) is 10.8 Å². The van der Waals surface area contributed by atoms with E-state index in [4.69, 9.17) is 14.6 Å². The molecule has 0 spiro atoms. The predicted octanol–water partition coefficient (Wildman–Crippen LogP) is -0.273. The van der Waals surface area contributed by atoms with Crippen LogP contribution in [0.1, 0.15) is 10.4 Å². The molecule has 3 N–H and O–H groups in total. The second-order valence-electron chi connectivity index (χ2n) is 3.93. The number of hydrogen-bond donors (Lipinski definition) is 2. The highest BCUT2D eigenvalue weighted by Gasteiger charge is 2.09. The lowest BCUT2D eigenvalue weighted by Crippen LogP contribution is -2.27. The lowest BCUT2D eigenvalue weighted by molar-refractivity contribution is 0.0692. The van der Waals surface area contributed by atoms with Crippen molar-refractivity contribution in [2.24, 2.45) is 5.14 Å². The van der Waals surface area contributed by atoms with Gasteiger partial charge in [0.2, 0.25) is 10.0 Å². The van der Waals surface area contributed by atoms with Crippen molar-refractivity contribution in [1.29, 1.82) is 0 Å². The van der Waals surface area contributed by atoms with E-state index >= 15 is 0 Å². The van der Waals surface area contributed by atoms with Gasteiger partial charge in [0.05, 0.1) is 24.7 Å². The molecule has 0 heterocycles. The number of methoxy groups -OCH3 is 1. The van der Waals surface area contributed by atoms with Crippen molar-refractivity contribution >= 4 is 15.9 Å². The Hall–Kier alpha value is -1.48. The number of amides is 1. The zero-order chi connectivity index (χ0) is 15.0. The summed E-state index contributed by atoms with van der Waals surface area (Å²) >= 11 is 0. The summed E-state index contributed by atoms with van der Waals surface area (Å²) in [5, 5.41) is 7.61. The van der Waals surface area contributed by atoms with Crippen LogP contribution in [0.5, 0.6) is 0 Å². The summed E-state index contributed by atoms with van der Waals surface area (Å²) in [5.41, 5.74) is 0.356. The largest absolute Gasteiger partial charge is 0.382 e. The number of benzene rings is 1. The summed E-state index contributed by atoms with van der Waals surface area (Å²) in [6, 6.07) is 5.39. The molecule has 1 aromatic carbocycles. The molecule has 8 heteroatoms. The van der Waals surface area contributed by atoms with Crippen LogP contribution < -0.4 is 10.5 Å². The topological polar surface area (TPSA) is 108 Å². The van der Waals surface area contributed by atoms with Crippen molar-refractivity contribution < 1.29 is 22.7 Å². The second-order valence-corrected chi connectivity index (χ2v) is 5.49. The molecular weight excluding hydrogens is 284 g/mol. The fraction of sp³-hybridized carbons (Fsp3) is 0.417. The Kier molecular flexibility index (Phi) is 6.59. The van der Waals surface area contributed by atoms with Crippen molar-refractivity contribution in [2.45, 2.75) is 4.90 Å². The van der Waals surface area contributed by atoms with Gasteiger partial charge in [0, 0.05) is 19.2 Å². The van der Waals surface area contributed by atoms with Crippen molar-refractivity contribution in [3.8, 4) is 0 Å². The first-order chi connectivity index (χ1) is 9.45. The predicted molar refractivity (Wildman–Crippen MR) is 72.8 cm³/mol. The van der Waals surface area contributed by atoms with Gasteiger partial charge in [-0.3, -0.25) is 4.79 Å². The maximum absolute atomic E-state index is 11.7. The van der Waals surface area contributed by atoms with E-state index < -0.39 is 10.0 Å². The number of nitrogens with one attached hydrogen (secondary N) is 1. The highest BCUT2D eigenvalue weighted by molar-refractivity contribution is 7.89. The third-order valence-corrected chi connectivity index (χ3v) is 3.34. The van der Waals surface area contributed by atoms with Crippen LogP contribution in [0.2, 0.25) is 0 Å². The molecule has 0 saturated carbocycles. The third kappa shape index (κ3) is 5.66. The lowest BCUT2D eigenvalue weighted by atomic mass is 10.2. The highest BCUT2D eigenvalue weighted by atomic mass is 32.2. The molecule has 1 rings (SSSR count). The highest BCUT2D eigenvalue weighted by Crippen LogP contribution is 2.08. The van der Waals surface area contributed by atoms with Gasteiger partial charge in [-0.25, -0.2) is 13.6 Å². The molecule has 0 aliphatic rings. The standard InChI is InChI=1S/C12H18N2O5S/c1-18-8-9-19-7-6-14-12(15)10-2-4-11(5-3-10)20(13,16)17/h2-5H,6-9H2,1H3,(H,14,15)(H2,13,16,17). The number of hydrogen-bond acceptors (Lipinski definition) is 5. The van der Waals surface area contributed by atoms with Crippen LogP contribution in [0.3, 0.4) is 0 Å². The average molecular weight is 302 g/mol. The minimum atomic E-state index is -3.74. The van der Waals surface area contributed by atoms with E-state index in [1.54, 1.807) is 7.11 Å². The Bertz CT molecular complexity index is 527. The number of primary sulfonamides is 1. The lowest BCUT2D eigenvalue weighted by Gasteiger charge is -2.06. The van der Waals surface area contributed by atoms with Crippen LogP contribution in [-0.2, 0) is 19.5 Å². The first kappa shape index (κ1) is 16.6. The Labute approximate surface area is 118 Å². The normalized spacial score (nSPS) is 11.3. The number of rotatable bonds is 8. The SMILES string of the molecule is COCCOCCNC(=O)c1ccc(S(N)(=O)=O)cc1. The van der Waals surface area contributed by atoms with E-state index in [0.29, 0.717) is 31.9 Å². The van der Waals surface area contributed by atoms with Gasteiger partial charge in [0.1, 0.15) is 0 Å². The molecule has 1 amide bonds. The van der Waals surface area contributed by atoms with Crippen LogP contribution >= 0.6 is 0 Å². The monoisotopic (exact) mass is 302 g/mol. The van der Waals surface area contributed by atoms with Crippen LogP contribution in [0.25, 0.3) is 0 Å². The minimum Gasteiger partial charge on any atom is -0.382 e. The molecule has 0 radical (unpaired) electrons.